The summed E-state index contributed by atoms with van der Waals surface area (Å²) in [6.07, 6.45) is 2.97. The van der Waals surface area contributed by atoms with Crippen molar-refractivity contribution in [2.24, 2.45) is 5.92 Å². The molecule has 1 amide bonds. The van der Waals surface area contributed by atoms with E-state index in [1.54, 1.807) is 0 Å². The molecule has 0 radical (unpaired) electrons. The Kier molecular flexibility index (Phi) is 3.79. The number of benzene rings is 1. The van der Waals surface area contributed by atoms with Gasteiger partial charge in [-0.3, -0.25) is 4.79 Å². The van der Waals surface area contributed by atoms with Crippen LogP contribution in [-0.2, 0) is 4.79 Å². The highest BCUT2D eigenvalue weighted by atomic mass is 16.2. The molecule has 0 spiro atoms. The Hall–Kier alpha value is -1.79. The van der Waals surface area contributed by atoms with Crippen LogP contribution in [0, 0.1) is 17.8 Å². The van der Waals surface area contributed by atoms with E-state index in [4.69, 9.17) is 5.11 Å². The molecule has 0 bridgehead atoms. The van der Waals surface area contributed by atoms with Gasteiger partial charge >= 0.3 is 0 Å². The summed E-state index contributed by atoms with van der Waals surface area (Å²) < 4.78 is 0. The van der Waals surface area contributed by atoms with E-state index in [1.165, 1.54) is 12.8 Å². The summed E-state index contributed by atoms with van der Waals surface area (Å²) in [5.41, 5.74) is 1.56. The second kappa shape index (κ2) is 5.51. The van der Waals surface area contributed by atoms with Crippen molar-refractivity contribution in [1.82, 2.24) is 0 Å². The highest BCUT2D eigenvalue weighted by molar-refractivity contribution is 5.91. The van der Waals surface area contributed by atoms with Gasteiger partial charge in [0.05, 0.1) is 0 Å². The molecule has 1 aromatic carbocycles. The predicted molar refractivity (Wildman–Crippen MR) is 66.4 cm³/mol. The van der Waals surface area contributed by atoms with Gasteiger partial charge in [0.25, 0.3) is 0 Å². The van der Waals surface area contributed by atoms with Crippen LogP contribution < -0.4 is 5.32 Å². The first-order valence-corrected chi connectivity index (χ1v) is 5.77. The summed E-state index contributed by atoms with van der Waals surface area (Å²) in [5, 5.41) is 11.5. The average molecular weight is 229 g/mol. The van der Waals surface area contributed by atoms with Crippen LogP contribution in [0.5, 0.6) is 0 Å². The van der Waals surface area contributed by atoms with Crippen molar-refractivity contribution in [2.45, 2.75) is 19.3 Å². The van der Waals surface area contributed by atoms with Crippen LogP contribution in [0.15, 0.2) is 24.3 Å². The number of carbonyl (C=O) groups is 1. The van der Waals surface area contributed by atoms with E-state index < -0.39 is 0 Å². The highest BCUT2D eigenvalue weighted by Gasteiger charge is 2.24. The van der Waals surface area contributed by atoms with E-state index in [-0.39, 0.29) is 12.5 Å². The second-order valence-electron chi connectivity index (χ2n) is 4.24. The molecule has 2 N–H and O–H groups in total. The minimum Gasteiger partial charge on any atom is -0.384 e. The van der Waals surface area contributed by atoms with Gasteiger partial charge in [-0.15, -0.1) is 0 Å². The van der Waals surface area contributed by atoms with E-state index in [0.717, 1.165) is 11.3 Å². The number of nitrogens with one attached hydrogen (secondary N) is 1. The van der Waals surface area contributed by atoms with Crippen LogP contribution in [0.25, 0.3) is 0 Å². The topological polar surface area (TPSA) is 49.3 Å². The van der Waals surface area contributed by atoms with Gasteiger partial charge in [0.2, 0.25) is 5.91 Å². The largest absolute Gasteiger partial charge is 0.384 e. The van der Waals surface area contributed by atoms with Crippen molar-refractivity contribution < 1.29 is 9.90 Å². The number of hydrogen-bond donors (Lipinski definition) is 2. The van der Waals surface area contributed by atoms with Gasteiger partial charge in [-0.25, -0.2) is 0 Å². The van der Waals surface area contributed by atoms with Crippen LogP contribution in [-0.4, -0.2) is 17.6 Å². The van der Waals surface area contributed by atoms with Gasteiger partial charge in [-0.1, -0.05) is 17.9 Å². The fourth-order valence-corrected chi connectivity index (χ4v) is 1.61. The van der Waals surface area contributed by atoms with Gasteiger partial charge in [0.15, 0.2) is 0 Å². The van der Waals surface area contributed by atoms with E-state index in [9.17, 15) is 4.79 Å². The number of carbonyl (C=O) groups excluding carboxylic acids is 1. The molecule has 1 aromatic rings. The minimum absolute atomic E-state index is 0.0692. The monoisotopic (exact) mass is 229 g/mol. The third-order valence-electron chi connectivity index (χ3n) is 2.63. The Morgan fingerprint density at radius 1 is 1.47 bits per heavy atom. The molecule has 2 rings (SSSR count). The van der Waals surface area contributed by atoms with Crippen molar-refractivity contribution in [2.75, 3.05) is 11.9 Å². The van der Waals surface area contributed by atoms with E-state index >= 15 is 0 Å². The maximum Gasteiger partial charge on any atom is 0.224 e. The van der Waals surface area contributed by atoms with Crippen LogP contribution in [0.4, 0.5) is 5.69 Å². The van der Waals surface area contributed by atoms with Crippen molar-refractivity contribution in [3.8, 4) is 11.8 Å². The fourth-order valence-electron chi connectivity index (χ4n) is 1.61. The fraction of sp³-hybridized carbons (Fsp3) is 0.357. The summed E-state index contributed by atoms with van der Waals surface area (Å²) in [5.74, 6) is 6.05. The lowest BCUT2D eigenvalue weighted by Gasteiger charge is -2.04. The lowest BCUT2D eigenvalue weighted by molar-refractivity contribution is -0.116. The molecule has 0 atom stereocenters. The zero-order chi connectivity index (χ0) is 12.1. The van der Waals surface area contributed by atoms with Crippen molar-refractivity contribution >= 4 is 11.6 Å². The Labute approximate surface area is 101 Å². The third-order valence-corrected chi connectivity index (χ3v) is 2.63. The summed E-state index contributed by atoms with van der Waals surface area (Å²) in [6.45, 7) is -0.154. The lowest BCUT2D eigenvalue weighted by atomic mass is 10.2. The van der Waals surface area contributed by atoms with E-state index in [0.29, 0.717) is 12.3 Å². The first-order valence-electron chi connectivity index (χ1n) is 5.77. The highest BCUT2D eigenvalue weighted by Crippen LogP contribution is 2.32. The molecule has 3 heteroatoms. The molecule has 0 heterocycles. The van der Waals surface area contributed by atoms with Crippen molar-refractivity contribution in [3.05, 3.63) is 29.8 Å². The molecule has 1 aliphatic carbocycles. The Bertz CT molecular complexity index is 467. The number of aliphatic hydroxyl groups excluding tert-OH is 1. The lowest BCUT2D eigenvalue weighted by Crippen LogP contribution is -2.11. The number of aliphatic hydroxyl groups is 1. The molecule has 3 nitrogen and oxygen atoms in total. The molecule has 17 heavy (non-hydrogen) atoms. The maximum absolute atomic E-state index is 11.6. The maximum atomic E-state index is 11.6. The number of hydrogen-bond acceptors (Lipinski definition) is 2. The molecule has 0 unspecified atom stereocenters. The zero-order valence-electron chi connectivity index (χ0n) is 9.57. The molecule has 0 aromatic heterocycles. The normalized spacial score (nSPS) is 13.7. The smallest absolute Gasteiger partial charge is 0.224 e. The van der Waals surface area contributed by atoms with Crippen LogP contribution >= 0.6 is 0 Å². The first kappa shape index (κ1) is 11.7. The Morgan fingerprint density at radius 3 is 3.00 bits per heavy atom. The van der Waals surface area contributed by atoms with Crippen LogP contribution in [0.3, 0.4) is 0 Å². The molecule has 1 saturated carbocycles. The summed E-state index contributed by atoms with van der Waals surface area (Å²) >= 11 is 0. The summed E-state index contributed by atoms with van der Waals surface area (Å²) in [4.78, 5) is 11.6. The number of rotatable bonds is 3. The quantitative estimate of drug-likeness (QED) is 0.776. The molecule has 1 aliphatic rings. The van der Waals surface area contributed by atoms with Crippen LogP contribution in [0.1, 0.15) is 24.8 Å². The van der Waals surface area contributed by atoms with Crippen LogP contribution in [0.2, 0.25) is 0 Å². The molecule has 1 fully saturated rings. The molecular weight excluding hydrogens is 214 g/mol. The molecule has 0 saturated heterocycles. The standard InChI is InChI=1S/C14H15NO2/c16-8-2-4-11-3-1-5-13(9-11)15-14(17)10-12-6-7-12/h1,3,5,9,12,16H,6-8,10H2,(H,15,17). The van der Waals surface area contributed by atoms with Crippen molar-refractivity contribution in [3.63, 3.8) is 0 Å². The Morgan fingerprint density at radius 2 is 2.29 bits per heavy atom. The van der Waals surface area contributed by atoms with Gasteiger partial charge in [-0.05, 0) is 37.0 Å². The molecule has 0 aliphatic heterocycles. The third kappa shape index (κ3) is 3.93. The van der Waals surface area contributed by atoms with Gasteiger partial charge in [-0.2, -0.15) is 0 Å². The Balaban J connectivity index is 1.97. The predicted octanol–water partition coefficient (Wildman–Crippen LogP) is 1.77. The molecular formula is C14H15NO2. The first-order chi connectivity index (χ1) is 8.28. The van der Waals surface area contributed by atoms with Crippen molar-refractivity contribution in [1.29, 1.82) is 0 Å². The van der Waals surface area contributed by atoms with Gasteiger partial charge < -0.3 is 10.4 Å². The summed E-state index contributed by atoms with van der Waals surface area (Å²) in [7, 11) is 0. The average Bonchev–Trinajstić information content (AvgIpc) is 3.10. The summed E-state index contributed by atoms with van der Waals surface area (Å²) in [6, 6.07) is 7.34. The van der Waals surface area contributed by atoms with E-state index in [2.05, 4.69) is 17.2 Å². The number of anilines is 1. The minimum atomic E-state index is -0.154. The van der Waals surface area contributed by atoms with Gasteiger partial charge in [0, 0.05) is 17.7 Å². The van der Waals surface area contributed by atoms with E-state index in [1.807, 2.05) is 24.3 Å². The zero-order valence-corrected chi connectivity index (χ0v) is 9.57. The second-order valence-corrected chi connectivity index (χ2v) is 4.24. The number of amides is 1. The molecule has 88 valence electrons. The van der Waals surface area contributed by atoms with Gasteiger partial charge in [0.1, 0.15) is 6.61 Å². The SMILES string of the molecule is O=C(CC1CC1)Nc1cccc(C#CCO)c1.